The molecule has 1 atom stereocenters. The number of aromatic hydroxyl groups is 1. The van der Waals surface area contributed by atoms with Crippen LogP contribution in [0.1, 0.15) is 45.2 Å². The Kier molecular flexibility index (Phi) is 6.84. The van der Waals surface area contributed by atoms with Gasteiger partial charge < -0.3 is 20.3 Å². The molecule has 0 aromatic heterocycles. The number of rotatable bonds is 6. The van der Waals surface area contributed by atoms with E-state index in [1.165, 1.54) is 6.07 Å². The van der Waals surface area contributed by atoms with Crippen LogP contribution in [0.4, 0.5) is 10.5 Å². The summed E-state index contributed by atoms with van der Waals surface area (Å²) < 4.78 is 5.20. The van der Waals surface area contributed by atoms with Gasteiger partial charge in [-0.2, -0.15) is 0 Å². The number of ether oxygens (including phenoxy) is 1. The smallest absolute Gasteiger partial charge is 0.412 e. The van der Waals surface area contributed by atoms with Gasteiger partial charge in [-0.1, -0.05) is 6.92 Å². The Morgan fingerprint density at radius 1 is 1.35 bits per heavy atom. The summed E-state index contributed by atoms with van der Waals surface area (Å²) in [6.45, 7) is 10.0. The number of hydrogen-bond acceptors (Lipinski definition) is 5. The molecular weight excluding hydrogens is 296 g/mol. The minimum Gasteiger partial charge on any atom is -0.508 e. The molecule has 4 N–H and O–H groups in total. The van der Waals surface area contributed by atoms with E-state index in [4.69, 9.17) is 4.74 Å². The lowest BCUT2D eigenvalue weighted by Crippen LogP contribution is -2.27. The molecule has 6 nitrogen and oxygen atoms in total. The van der Waals surface area contributed by atoms with Gasteiger partial charge in [0.2, 0.25) is 0 Å². The lowest BCUT2D eigenvalue weighted by molar-refractivity contribution is 0.0636. The lowest BCUT2D eigenvalue weighted by Gasteiger charge is -2.20. The fourth-order valence-corrected chi connectivity index (χ4v) is 1.96. The van der Waals surface area contributed by atoms with Crippen molar-refractivity contribution >= 4 is 11.8 Å². The second-order valence-electron chi connectivity index (χ2n) is 6.62. The Morgan fingerprint density at radius 2 is 2.00 bits per heavy atom. The fraction of sp³-hybridized carbons (Fsp3) is 0.588. The normalized spacial score (nSPS) is 12.8. The van der Waals surface area contributed by atoms with Gasteiger partial charge in [0.05, 0.1) is 11.8 Å². The quantitative estimate of drug-likeness (QED) is 0.646. The number of phenolic OH excluding ortho intramolecular Hbond substituents is 1. The van der Waals surface area contributed by atoms with E-state index < -0.39 is 17.8 Å². The molecule has 0 unspecified atom stereocenters. The summed E-state index contributed by atoms with van der Waals surface area (Å²) >= 11 is 0. The van der Waals surface area contributed by atoms with Gasteiger partial charge in [-0.25, -0.2) is 4.79 Å². The monoisotopic (exact) mass is 324 g/mol. The molecule has 23 heavy (non-hydrogen) atoms. The molecule has 0 saturated carbocycles. The number of aliphatic hydroxyl groups is 1. The van der Waals surface area contributed by atoms with E-state index in [-0.39, 0.29) is 5.75 Å². The Hall–Kier alpha value is -1.79. The maximum atomic E-state index is 11.8. The standard InChI is InChI=1S/C17H28N2O4/c1-6-13(20)10-18-9-12-7-11(2)14(8-15(12)21)19-16(22)23-17(3,4)5/h7-8,13,18,20-21H,6,9-10H2,1-5H3,(H,19,22)/t13-/m0/s1. The van der Waals surface area contributed by atoms with Crippen LogP contribution in [0.25, 0.3) is 0 Å². The third-order valence-electron chi connectivity index (χ3n) is 3.23. The van der Waals surface area contributed by atoms with E-state index in [9.17, 15) is 15.0 Å². The molecule has 0 saturated heterocycles. The van der Waals surface area contributed by atoms with Crippen LogP contribution >= 0.6 is 0 Å². The Balaban J connectivity index is 2.71. The van der Waals surface area contributed by atoms with Crippen LogP contribution in [0, 0.1) is 6.92 Å². The predicted octanol–water partition coefficient (Wildman–Crippen LogP) is 2.91. The third kappa shape index (κ3) is 6.88. The number of benzene rings is 1. The van der Waals surface area contributed by atoms with Gasteiger partial charge in [-0.15, -0.1) is 0 Å². The van der Waals surface area contributed by atoms with Gasteiger partial charge in [0.15, 0.2) is 0 Å². The average Bonchev–Trinajstić information content (AvgIpc) is 2.41. The van der Waals surface area contributed by atoms with Crippen LogP contribution in [-0.4, -0.2) is 34.6 Å². The summed E-state index contributed by atoms with van der Waals surface area (Å²) in [5, 5.41) is 25.3. The van der Waals surface area contributed by atoms with Crippen LogP contribution in [0.5, 0.6) is 5.75 Å². The van der Waals surface area contributed by atoms with Crippen molar-refractivity contribution in [1.82, 2.24) is 5.32 Å². The van der Waals surface area contributed by atoms with Crippen LogP contribution in [0.15, 0.2) is 12.1 Å². The van der Waals surface area contributed by atoms with Gasteiger partial charge in [0, 0.05) is 24.7 Å². The molecule has 1 rings (SSSR count). The maximum absolute atomic E-state index is 11.8. The van der Waals surface area contributed by atoms with E-state index in [0.29, 0.717) is 30.8 Å². The molecule has 0 spiro atoms. The Bertz CT molecular complexity index is 538. The van der Waals surface area contributed by atoms with Gasteiger partial charge in [0.1, 0.15) is 11.4 Å². The zero-order valence-corrected chi connectivity index (χ0v) is 14.6. The molecule has 1 amide bonds. The second-order valence-corrected chi connectivity index (χ2v) is 6.62. The van der Waals surface area contributed by atoms with Crippen LogP contribution in [0.3, 0.4) is 0 Å². The number of amides is 1. The first-order valence-corrected chi connectivity index (χ1v) is 7.83. The van der Waals surface area contributed by atoms with Crippen molar-refractivity contribution in [2.75, 3.05) is 11.9 Å². The molecular formula is C17H28N2O4. The fourth-order valence-electron chi connectivity index (χ4n) is 1.96. The molecule has 0 radical (unpaired) electrons. The molecule has 0 aliphatic heterocycles. The summed E-state index contributed by atoms with van der Waals surface area (Å²) in [5.41, 5.74) is 1.46. The third-order valence-corrected chi connectivity index (χ3v) is 3.23. The molecule has 6 heteroatoms. The van der Waals surface area contributed by atoms with Crippen molar-refractivity contribution in [3.05, 3.63) is 23.3 Å². The maximum Gasteiger partial charge on any atom is 0.412 e. The van der Waals surface area contributed by atoms with Crippen molar-refractivity contribution in [1.29, 1.82) is 0 Å². The van der Waals surface area contributed by atoms with Gasteiger partial charge >= 0.3 is 6.09 Å². The highest BCUT2D eigenvalue weighted by Crippen LogP contribution is 2.26. The van der Waals surface area contributed by atoms with Crippen molar-refractivity contribution in [3.63, 3.8) is 0 Å². The topological polar surface area (TPSA) is 90.8 Å². The molecule has 130 valence electrons. The van der Waals surface area contributed by atoms with E-state index in [0.717, 1.165) is 5.56 Å². The summed E-state index contributed by atoms with van der Waals surface area (Å²) in [7, 11) is 0. The second kappa shape index (κ2) is 8.17. The minimum atomic E-state index is -0.579. The Labute approximate surface area is 137 Å². The number of nitrogens with one attached hydrogen (secondary N) is 2. The Morgan fingerprint density at radius 3 is 2.57 bits per heavy atom. The first kappa shape index (κ1) is 19.3. The highest BCUT2D eigenvalue weighted by Gasteiger charge is 2.17. The van der Waals surface area contributed by atoms with Crippen molar-refractivity contribution in [2.45, 2.75) is 59.3 Å². The summed E-state index contributed by atoms with van der Waals surface area (Å²) in [5.74, 6) is 0.0835. The zero-order valence-electron chi connectivity index (χ0n) is 14.6. The average molecular weight is 324 g/mol. The first-order chi connectivity index (χ1) is 10.6. The molecule has 0 aliphatic carbocycles. The summed E-state index contributed by atoms with van der Waals surface area (Å²) in [4.78, 5) is 11.8. The van der Waals surface area contributed by atoms with E-state index in [1.54, 1.807) is 26.8 Å². The number of anilines is 1. The number of carbonyl (C=O) groups is 1. The number of aryl methyl sites for hydroxylation is 1. The highest BCUT2D eigenvalue weighted by atomic mass is 16.6. The molecule has 1 aromatic carbocycles. The van der Waals surface area contributed by atoms with E-state index in [2.05, 4.69) is 10.6 Å². The van der Waals surface area contributed by atoms with Crippen LogP contribution in [0.2, 0.25) is 0 Å². The largest absolute Gasteiger partial charge is 0.508 e. The van der Waals surface area contributed by atoms with Crippen molar-refractivity contribution < 1.29 is 19.7 Å². The van der Waals surface area contributed by atoms with Crippen LogP contribution < -0.4 is 10.6 Å². The number of phenols is 1. The zero-order chi connectivity index (χ0) is 17.6. The van der Waals surface area contributed by atoms with Gasteiger partial charge in [-0.05, 0) is 45.7 Å². The first-order valence-electron chi connectivity index (χ1n) is 7.83. The molecule has 1 aromatic rings. The SMILES string of the molecule is CC[C@H](O)CNCc1cc(C)c(NC(=O)OC(C)(C)C)cc1O. The number of hydrogen-bond donors (Lipinski definition) is 4. The predicted molar refractivity (Wildman–Crippen MR) is 90.7 cm³/mol. The number of aliphatic hydroxyl groups excluding tert-OH is 1. The molecule has 0 fully saturated rings. The lowest BCUT2D eigenvalue weighted by atomic mass is 10.1. The number of carbonyl (C=O) groups excluding carboxylic acids is 1. The summed E-state index contributed by atoms with van der Waals surface area (Å²) in [6.07, 6.45) is -0.278. The molecule has 0 aliphatic rings. The highest BCUT2D eigenvalue weighted by molar-refractivity contribution is 5.86. The molecule has 0 bridgehead atoms. The van der Waals surface area contributed by atoms with Crippen molar-refractivity contribution in [3.8, 4) is 5.75 Å². The minimum absolute atomic E-state index is 0.0835. The van der Waals surface area contributed by atoms with E-state index in [1.807, 2.05) is 13.8 Å². The van der Waals surface area contributed by atoms with Gasteiger partial charge in [-0.3, -0.25) is 5.32 Å². The summed E-state index contributed by atoms with van der Waals surface area (Å²) in [6, 6.07) is 3.31. The van der Waals surface area contributed by atoms with Crippen molar-refractivity contribution in [2.24, 2.45) is 0 Å². The van der Waals surface area contributed by atoms with E-state index >= 15 is 0 Å². The van der Waals surface area contributed by atoms with Crippen LogP contribution in [-0.2, 0) is 11.3 Å². The van der Waals surface area contributed by atoms with Gasteiger partial charge in [0.25, 0.3) is 0 Å². The molecule has 0 heterocycles.